The van der Waals surface area contributed by atoms with Crippen molar-refractivity contribution in [1.29, 1.82) is 0 Å². The van der Waals surface area contributed by atoms with Crippen LogP contribution < -0.4 is 10.6 Å². The molecule has 1 aliphatic heterocycles. The molecule has 1 atom stereocenters. The number of carbonyl (C=O) groups is 2. The molecular formula is C24H20ClFN2O3. The minimum Gasteiger partial charge on any atom is -0.380 e. The van der Waals surface area contributed by atoms with Gasteiger partial charge >= 0.3 is 0 Å². The average Bonchev–Trinajstić information content (AvgIpc) is 3.27. The van der Waals surface area contributed by atoms with Crippen molar-refractivity contribution in [2.45, 2.75) is 11.8 Å². The summed E-state index contributed by atoms with van der Waals surface area (Å²) in [5.41, 5.74) is 1.50. The van der Waals surface area contributed by atoms with Gasteiger partial charge in [-0.15, -0.1) is 0 Å². The Labute approximate surface area is 184 Å². The Morgan fingerprint density at radius 2 is 1.61 bits per heavy atom. The maximum absolute atomic E-state index is 13.2. The van der Waals surface area contributed by atoms with Gasteiger partial charge in [0.15, 0.2) is 0 Å². The molecule has 3 aromatic rings. The molecule has 31 heavy (non-hydrogen) atoms. The second kappa shape index (κ2) is 8.88. The van der Waals surface area contributed by atoms with Crippen molar-refractivity contribution in [3.05, 3.63) is 94.8 Å². The number of halogens is 2. The highest BCUT2D eigenvalue weighted by molar-refractivity contribution is 6.31. The van der Waals surface area contributed by atoms with Crippen LogP contribution in [0.2, 0.25) is 5.02 Å². The third-order valence-corrected chi connectivity index (χ3v) is 5.58. The van der Waals surface area contributed by atoms with Gasteiger partial charge in [0.05, 0.1) is 12.0 Å². The van der Waals surface area contributed by atoms with Gasteiger partial charge in [0.2, 0.25) is 5.91 Å². The van der Waals surface area contributed by atoms with Gasteiger partial charge in [-0.1, -0.05) is 29.8 Å². The van der Waals surface area contributed by atoms with E-state index in [1.807, 2.05) is 12.1 Å². The minimum absolute atomic E-state index is 0.215. The molecular weight excluding hydrogens is 419 g/mol. The second-order valence-corrected chi connectivity index (χ2v) is 7.82. The van der Waals surface area contributed by atoms with Crippen molar-refractivity contribution in [3.63, 3.8) is 0 Å². The molecule has 0 aliphatic carbocycles. The summed E-state index contributed by atoms with van der Waals surface area (Å²) in [6.45, 7) is 0.707. The Morgan fingerprint density at radius 3 is 2.26 bits per heavy atom. The number of ether oxygens (including phenoxy) is 1. The summed E-state index contributed by atoms with van der Waals surface area (Å²) in [7, 11) is 0. The Morgan fingerprint density at radius 1 is 0.935 bits per heavy atom. The number of hydrogen-bond acceptors (Lipinski definition) is 3. The standard InChI is InChI=1S/C24H20ClFN2O3/c25-18-3-1-2-16(14-18)22(29)27-20-8-4-17(5-9-20)24(12-13-31-15-24)23(30)28-21-10-6-19(26)7-11-21/h1-11,14H,12-13,15H2,(H,27,29)(H,28,30). The molecule has 4 rings (SSSR count). The zero-order valence-electron chi connectivity index (χ0n) is 16.5. The van der Waals surface area contributed by atoms with Crippen molar-refractivity contribution in [2.24, 2.45) is 0 Å². The molecule has 0 spiro atoms. The lowest BCUT2D eigenvalue weighted by molar-refractivity contribution is -0.121. The summed E-state index contributed by atoms with van der Waals surface area (Å²) < 4.78 is 18.7. The van der Waals surface area contributed by atoms with Gasteiger partial charge in [-0.05, 0) is 66.6 Å². The summed E-state index contributed by atoms with van der Waals surface area (Å²) in [5, 5.41) is 6.17. The van der Waals surface area contributed by atoms with Crippen molar-refractivity contribution in [1.82, 2.24) is 0 Å². The third kappa shape index (κ3) is 4.60. The van der Waals surface area contributed by atoms with E-state index in [1.165, 1.54) is 24.3 Å². The Bertz CT molecular complexity index is 1090. The zero-order chi connectivity index (χ0) is 21.8. The molecule has 0 aromatic heterocycles. The van der Waals surface area contributed by atoms with Gasteiger partial charge in [0.25, 0.3) is 5.91 Å². The van der Waals surface area contributed by atoms with Crippen LogP contribution in [-0.4, -0.2) is 25.0 Å². The lowest BCUT2D eigenvalue weighted by Crippen LogP contribution is -2.41. The minimum atomic E-state index is -0.857. The first kappa shape index (κ1) is 21.0. The van der Waals surface area contributed by atoms with Crippen molar-refractivity contribution in [3.8, 4) is 0 Å². The number of nitrogens with one attached hydrogen (secondary N) is 2. The van der Waals surface area contributed by atoms with Gasteiger partial charge in [-0.3, -0.25) is 9.59 Å². The smallest absolute Gasteiger partial charge is 0.255 e. The zero-order valence-corrected chi connectivity index (χ0v) is 17.3. The number of hydrogen-bond donors (Lipinski definition) is 2. The van der Waals surface area contributed by atoms with E-state index in [1.54, 1.807) is 36.4 Å². The fourth-order valence-electron chi connectivity index (χ4n) is 3.59. The molecule has 3 aromatic carbocycles. The predicted molar refractivity (Wildman–Crippen MR) is 118 cm³/mol. The van der Waals surface area contributed by atoms with E-state index in [2.05, 4.69) is 10.6 Å². The highest BCUT2D eigenvalue weighted by atomic mass is 35.5. The van der Waals surface area contributed by atoms with Crippen LogP contribution in [0.15, 0.2) is 72.8 Å². The number of rotatable bonds is 5. The summed E-state index contributed by atoms with van der Waals surface area (Å²) >= 11 is 5.95. The van der Waals surface area contributed by atoms with Crippen molar-refractivity contribution >= 4 is 34.8 Å². The highest BCUT2D eigenvalue weighted by Gasteiger charge is 2.44. The molecule has 5 nitrogen and oxygen atoms in total. The van der Waals surface area contributed by atoms with Gasteiger partial charge in [-0.25, -0.2) is 4.39 Å². The Balaban J connectivity index is 1.51. The van der Waals surface area contributed by atoms with Gasteiger partial charge in [-0.2, -0.15) is 0 Å². The molecule has 0 bridgehead atoms. The molecule has 1 unspecified atom stereocenters. The van der Waals surface area contributed by atoms with E-state index in [0.29, 0.717) is 35.0 Å². The van der Waals surface area contributed by atoms with Gasteiger partial charge in [0.1, 0.15) is 5.82 Å². The number of amides is 2. The van der Waals surface area contributed by atoms with Crippen molar-refractivity contribution < 1.29 is 18.7 Å². The fraction of sp³-hybridized carbons (Fsp3) is 0.167. The molecule has 1 saturated heterocycles. The fourth-order valence-corrected chi connectivity index (χ4v) is 3.78. The van der Waals surface area contributed by atoms with Gasteiger partial charge < -0.3 is 15.4 Å². The van der Waals surface area contributed by atoms with E-state index in [9.17, 15) is 14.0 Å². The maximum atomic E-state index is 13.2. The predicted octanol–water partition coefficient (Wildman–Crippen LogP) is 5.03. The normalized spacial score (nSPS) is 17.9. The molecule has 1 aliphatic rings. The SMILES string of the molecule is O=C(Nc1ccc(C2(C(=O)Nc3ccc(F)cc3)CCOC2)cc1)c1cccc(Cl)c1. The monoisotopic (exact) mass is 438 g/mol. The number of benzene rings is 3. The van der Waals surface area contributed by atoms with Crippen LogP contribution in [0.3, 0.4) is 0 Å². The molecule has 2 N–H and O–H groups in total. The first-order valence-corrected chi connectivity index (χ1v) is 10.2. The highest BCUT2D eigenvalue weighted by Crippen LogP contribution is 2.35. The van der Waals surface area contributed by atoms with Crippen LogP contribution in [0, 0.1) is 5.82 Å². The van der Waals surface area contributed by atoms with Gasteiger partial charge in [0, 0.05) is 28.6 Å². The van der Waals surface area contributed by atoms with Crippen LogP contribution in [0.25, 0.3) is 0 Å². The second-order valence-electron chi connectivity index (χ2n) is 7.39. The van der Waals surface area contributed by atoms with E-state index >= 15 is 0 Å². The number of anilines is 2. The Kier molecular flexibility index (Phi) is 6.02. The quantitative estimate of drug-likeness (QED) is 0.587. The summed E-state index contributed by atoms with van der Waals surface area (Å²) in [6.07, 6.45) is 0.522. The molecule has 0 saturated carbocycles. The van der Waals surface area contributed by atoms with Crippen LogP contribution in [0.5, 0.6) is 0 Å². The van der Waals surface area contributed by atoms with E-state index < -0.39 is 5.41 Å². The topological polar surface area (TPSA) is 67.4 Å². The Hall–Kier alpha value is -3.22. The molecule has 0 radical (unpaired) electrons. The first-order chi connectivity index (χ1) is 15.0. The van der Waals surface area contributed by atoms with Crippen LogP contribution >= 0.6 is 11.6 Å². The summed E-state index contributed by atoms with van der Waals surface area (Å²) in [5.74, 6) is -0.858. The molecule has 158 valence electrons. The lowest BCUT2D eigenvalue weighted by atomic mass is 9.78. The summed E-state index contributed by atoms with van der Waals surface area (Å²) in [6, 6.07) is 19.4. The molecule has 2 amide bonds. The van der Waals surface area contributed by atoms with Crippen LogP contribution in [0.4, 0.5) is 15.8 Å². The van der Waals surface area contributed by atoms with E-state index in [-0.39, 0.29) is 24.2 Å². The maximum Gasteiger partial charge on any atom is 0.255 e. The largest absolute Gasteiger partial charge is 0.380 e. The molecule has 7 heteroatoms. The van der Waals surface area contributed by atoms with E-state index in [4.69, 9.17) is 16.3 Å². The van der Waals surface area contributed by atoms with Crippen molar-refractivity contribution in [2.75, 3.05) is 23.8 Å². The molecule has 1 fully saturated rings. The van der Waals surface area contributed by atoms with Crippen LogP contribution in [-0.2, 0) is 14.9 Å². The summed E-state index contributed by atoms with van der Waals surface area (Å²) in [4.78, 5) is 25.6. The third-order valence-electron chi connectivity index (χ3n) is 5.34. The number of carbonyl (C=O) groups excluding carboxylic acids is 2. The van der Waals surface area contributed by atoms with Crippen LogP contribution in [0.1, 0.15) is 22.3 Å². The first-order valence-electron chi connectivity index (χ1n) is 9.78. The lowest BCUT2D eigenvalue weighted by Gasteiger charge is -2.27. The average molecular weight is 439 g/mol. The van der Waals surface area contributed by atoms with E-state index in [0.717, 1.165) is 5.56 Å². The molecule has 1 heterocycles.